The fourth-order valence-corrected chi connectivity index (χ4v) is 2.94. The molecule has 7 heteroatoms. The number of rotatable bonds is 8. The number of anilines is 1. The van der Waals surface area contributed by atoms with Crippen LogP contribution < -0.4 is 16.8 Å². The fourth-order valence-electron chi connectivity index (χ4n) is 2.24. The van der Waals surface area contributed by atoms with Crippen LogP contribution in [0.4, 0.5) is 5.95 Å². The Morgan fingerprint density at radius 3 is 2.61 bits per heavy atom. The lowest BCUT2D eigenvalue weighted by Gasteiger charge is -2.11. The van der Waals surface area contributed by atoms with Gasteiger partial charge in [-0.25, -0.2) is 9.97 Å². The molecule has 2 aromatic heterocycles. The first-order valence-electron chi connectivity index (χ1n) is 8.70. The normalized spacial score (nSPS) is 13.1. The molecule has 0 atom stereocenters. The highest BCUT2D eigenvalue weighted by Crippen LogP contribution is 2.23. The van der Waals surface area contributed by atoms with E-state index in [0.717, 1.165) is 16.1 Å². The molecule has 0 unspecified atom stereocenters. The van der Waals surface area contributed by atoms with Crippen LogP contribution in [0.5, 0.6) is 0 Å². The zero-order chi connectivity index (χ0) is 20.7. The number of thiophene rings is 1. The third-order valence-corrected chi connectivity index (χ3v) is 4.86. The number of carbonyl (C=O) groups is 1. The zero-order valence-electron chi connectivity index (χ0n) is 16.3. The summed E-state index contributed by atoms with van der Waals surface area (Å²) in [5, 5.41) is 5.08. The Morgan fingerprint density at radius 2 is 2.00 bits per heavy atom. The van der Waals surface area contributed by atoms with Gasteiger partial charge < -0.3 is 16.8 Å². The molecule has 6 nitrogen and oxygen atoms in total. The minimum absolute atomic E-state index is 0.160. The van der Waals surface area contributed by atoms with E-state index in [1.165, 1.54) is 0 Å². The molecule has 5 N–H and O–H groups in total. The van der Waals surface area contributed by atoms with E-state index in [9.17, 15) is 4.79 Å². The summed E-state index contributed by atoms with van der Waals surface area (Å²) in [5.41, 5.74) is 15.3. The summed E-state index contributed by atoms with van der Waals surface area (Å²) >= 11 is 1.60. The molecule has 0 saturated heterocycles. The molecule has 0 spiro atoms. The smallest absolute Gasteiger partial charge is 0.223 e. The average molecular weight is 396 g/mol. The number of nitrogens with one attached hydrogen (secondary N) is 1. The van der Waals surface area contributed by atoms with Gasteiger partial charge in [0, 0.05) is 29.7 Å². The molecule has 28 heavy (non-hydrogen) atoms. The van der Waals surface area contributed by atoms with E-state index in [2.05, 4.69) is 21.9 Å². The molecular weight excluding hydrogens is 370 g/mol. The first-order valence-corrected chi connectivity index (χ1v) is 9.58. The summed E-state index contributed by atoms with van der Waals surface area (Å²) in [4.78, 5) is 22.5. The molecule has 0 aliphatic heterocycles. The van der Waals surface area contributed by atoms with Gasteiger partial charge in [0.15, 0.2) is 5.78 Å². The number of carbonyl (C=O) groups excluding carboxylic acids is 1. The van der Waals surface area contributed by atoms with Gasteiger partial charge >= 0.3 is 0 Å². The number of nitrogens with zero attached hydrogens (tertiary/aromatic N) is 2. The van der Waals surface area contributed by atoms with E-state index in [4.69, 9.17) is 11.5 Å². The van der Waals surface area contributed by atoms with Crippen molar-refractivity contribution in [2.45, 2.75) is 20.8 Å². The maximum atomic E-state index is 12.8. The van der Waals surface area contributed by atoms with Gasteiger partial charge in [-0.05, 0) is 55.5 Å². The minimum atomic E-state index is -0.160. The van der Waals surface area contributed by atoms with Crippen LogP contribution in [0.1, 0.15) is 20.8 Å². The van der Waals surface area contributed by atoms with Crippen LogP contribution in [0.2, 0.25) is 0 Å². The number of ketones is 1. The van der Waals surface area contributed by atoms with Crippen molar-refractivity contribution < 1.29 is 4.79 Å². The molecule has 146 valence electrons. The average Bonchev–Trinajstić information content (AvgIpc) is 3.20. The molecule has 0 saturated carbocycles. The van der Waals surface area contributed by atoms with Crippen molar-refractivity contribution in [2.24, 2.45) is 11.5 Å². The first kappa shape index (κ1) is 21.1. The number of Topliss-reactive ketones (excluding diaryl/α,β-unsaturated/α-hetero) is 1. The van der Waals surface area contributed by atoms with Gasteiger partial charge in [-0.2, -0.15) is 0 Å². The quantitative estimate of drug-likeness (QED) is 0.464. The maximum absolute atomic E-state index is 12.8. The van der Waals surface area contributed by atoms with E-state index < -0.39 is 0 Å². The van der Waals surface area contributed by atoms with Gasteiger partial charge in [0.25, 0.3) is 0 Å². The van der Waals surface area contributed by atoms with Crippen LogP contribution in [-0.2, 0) is 4.79 Å². The molecule has 0 aromatic carbocycles. The van der Waals surface area contributed by atoms with Gasteiger partial charge in [-0.15, -0.1) is 11.3 Å². The summed E-state index contributed by atoms with van der Waals surface area (Å²) in [6.07, 6.45) is 5.02. The van der Waals surface area contributed by atoms with Crippen LogP contribution in [0, 0.1) is 0 Å². The second-order valence-electron chi connectivity index (χ2n) is 6.34. The molecule has 0 aliphatic rings. The Kier molecular flexibility index (Phi) is 7.28. The number of nitrogens with two attached hydrogens (primary N) is 2. The van der Waals surface area contributed by atoms with Crippen molar-refractivity contribution in [3.63, 3.8) is 0 Å². The van der Waals surface area contributed by atoms with Gasteiger partial charge in [-0.3, -0.25) is 4.79 Å². The topological polar surface area (TPSA) is 107 Å². The van der Waals surface area contributed by atoms with E-state index >= 15 is 0 Å². The highest BCUT2D eigenvalue weighted by Gasteiger charge is 2.14. The van der Waals surface area contributed by atoms with Crippen molar-refractivity contribution >= 4 is 23.1 Å². The Balaban J connectivity index is 2.14. The van der Waals surface area contributed by atoms with Gasteiger partial charge in [0.05, 0.1) is 10.6 Å². The second kappa shape index (κ2) is 9.66. The third kappa shape index (κ3) is 5.65. The van der Waals surface area contributed by atoms with Crippen LogP contribution in [-0.4, -0.2) is 22.3 Å². The molecular formula is C21H25N5OS. The van der Waals surface area contributed by atoms with Crippen molar-refractivity contribution in [2.75, 3.05) is 11.9 Å². The molecule has 0 bridgehead atoms. The van der Waals surface area contributed by atoms with Gasteiger partial charge in [-0.1, -0.05) is 18.7 Å². The largest absolute Gasteiger partial charge is 0.402 e. The summed E-state index contributed by atoms with van der Waals surface area (Å²) < 4.78 is 0. The monoisotopic (exact) mass is 395 g/mol. The van der Waals surface area contributed by atoms with Crippen molar-refractivity contribution in [3.05, 3.63) is 76.6 Å². The fraction of sp³-hybridized carbons (Fsp3) is 0.190. The Morgan fingerprint density at radius 1 is 1.25 bits per heavy atom. The third-order valence-electron chi connectivity index (χ3n) is 3.97. The minimum Gasteiger partial charge on any atom is -0.402 e. The Labute approximate surface area is 169 Å². The van der Waals surface area contributed by atoms with Crippen LogP contribution >= 0.6 is 11.3 Å². The number of aromatic nitrogens is 2. The Hall–Kier alpha value is -3.19. The maximum Gasteiger partial charge on any atom is 0.223 e. The number of hydrogen-bond acceptors (Lipinski definition) is 7. The summed E-state index contributed by atoms with van der Waals surface area (Å²) in [6.45, 7) is 9.22. The summed E-state index contributed by atoms with van der Waals surface area (Å²) in [6, 6.07) is 5.81. The van der Waals surface area contributed by atoms with E-state index in [1.54, 1.807) is 50.5 Å². The lowest BCUT2D eigenvalue weighted by Crippen LogP contribution is -2.19. The predicted molar refractivity (Wildman–Crippen MR) is 117 cm³/mol. The second-order valence-corrected chi connectivity index (χ2v) is 7.29. The first-order chi connectivity index (χ1) is 13.3. The van der Waals surface area contributed by atoms with Crippen molar-refractivity contribution in [1.29, 1.82) is 0 Å². The van der Waals surface area contributed by atoms with E-state index in [1.807, 2.05) is 23.6 Å². The van der Waals surface area contributed by atoms with Crippen LogP contribution in [0.25, 0.3) is 10.6 Å². The highest BCUT2D eigenvalue weighted by atomic mass is 32.1. The van der Waals surface area contributed by atoms with Crippen molar-refractivity contribution in [3.8, 4) is 10.6 Å². The highest BCUT2D eigenvalue weighted by molar-refractivity contribution is 7.13. The van der Waals surface area contributed by atoms with Gasteiger partial charge in [0.2, 0.25) is 5.95 Å². The zero-order valence-corrected chi connectivity index (χ0v) is 17.1. The lowest BCUT2D eigenvalue weighted by molar-refractivity contribution is -0.112. The molecule has 2 aromatic rings. The van der Waals surface area contributed by atoms with E-state index in [-0.39, 0.29) is 12.3 Å². The molecule has 0 fully saturated rings. The number of hydrogen-bond donors (Lipinski definition) is 3. The molecule has 0 amide bonds. The molecule has 0 aliphatic carbocycles. The Bertz CT molecular complexity index is 951. The predicted octanol–water partition coefficient (Wildman–Crippen LogP) is 3.78. The van der Waals surface area contributed by atoms with Gasteiger partial charge in [0.1, 0.15) is 0 Å². The number of allylic oxidation sites excluding steroid dienone is 5. The molecule has 0 radical (unpaired) electrons. The standard InChI is InChI=1S/C21H25N5OS/c1-13(2)17(23)8-7-14(3)20(27)16(15(4)22)12-25-21-24-10-9-18(26-21)19-6-5-11-28-19/h5-11H,1,12,22-23H2,2-4H3,(H,24,25,26)/b14-7+,16-15-,17-8+. The summed E-state index contributed by atoms with van der Waals surface area (Å²) in [5.74, 6) is 0.276. The molecule has 2 rings (SSSR count). The van der Waals surface area contributed by atoms with Crippen molar-refractivity contribution in [1.82, 2.24) is 9.97 Å². The SMILES string of the molecule is C=C(C)/C(N)=C\C=C(/C)C(=O)/C(CNc1nccc(-c2cccs2)n1)=C(/C)N. The molecule has 2 heterocycles. The van der Waals surface area contributed by atoms with Crippen LogP contribution in [0.3, 0.4) is 0 Å². The lowest BCUT2D eigenvalue weighted by atomic mass is 10.0. The summed E-state index contributed by atoms with van der Waals surface area (Å²) in [7, 11) is 0. The van der Waals surface area contributed by atoms with Crippen LogP contribution in [0.15, 0.2) is 76.6 Å². The van der Waals surface area contributed by atoms with E-state index in [0.29, 0.717) is 28.5 Å².